The van der Waals surface area contributed by atoms with Gasteiger partial charge < -0.3 is 14.3 Å². The smallest absolute Gasteiger partial charge is 0.379 e. The summed E-state index contributed by atoms with van der Waals surface area (Å²) in [6.45, 7) is 0. The molecular weight excluding hydrogens is 500 g/mol. The molecule has 3 aromatic carbocycles. The molecule has 8 heteroatoms. The maximum Gasteiger partial charge on any atom is 0.379 e. The number of rotatable bonds is 7. The Balaban J connectivity index is 1.58. The summed E-state index contributed by atoms with van der Waals surface area (Å²) in [5.41, 5.74) is 1.64. The molecule has 4 rings (SSSR count). The first-order chi connectivity index (χ1) is 16.5. The van der Waals surface area contributed by atoms with Crippen molar-refractivity contribution in [2.24, 2.45) is 5.10 Å². The van der Waals surface area contributed by atoms with Gasteiger partial charge in [0, 0.05) is 10.0 Å². The van der Waals surface area contributed by atoms with E-state index in [4.69, 9.17) is 9.15 Å². The van der Waals surface area contributed by atoms with Crippen LogP contribution in [0.5, 0.6) is 5.75 Å². The highest BCUT2D eigenvalue weighted by Crippen LogP contribution is 2.30. The van der Waals surface area contributed by atoms with Crippen LogP contribution in [0.1, 0.15) is 27.2 Å². The molecule has 0 saturated carbocycles. The van der Waals surface area contributed by atoms with Crippen LogP contribution in [0.15, 0.2) is 111 Å². The number of amides is 1. The van der Waals surface area contributed by atoms with Gasteiger partial charge in [-0.1, -0.05) is 76.6 Å². The van der Waals surface area contributed by atoms with E-state index in [1.807, 2.05) is 0 Å². The average Bonchev–Trinajstić information content (AvgIpc) is 3.41. The van der Waals surface area contributed by atoms with Crippen LogP contribution < -0.4 is 10.2 Å². The molecule has 0 aliphatic rings. The fraction of sp³-hybridized carbons (Fsp3) is 0.0385. The third kappa shape index (κ3) is 4.98. The van der Waals surface area contributed by atoms with Crippen LogP contribution >= 0.6 is 15.9 Å². The molecule has 7 nitrogen and oxygen atoms in total. The number of aliphatic hydroxyl groups is 1. The van der Waals surface area contributed by atoms with E-state index in [0.717, 1.165) is 0 Å². The Kier molecular flexibility index (Phi) is 7.01. The molecule has 2 N–H and O–H groups in total. The predicted octanol–water partition coefficient (Wildman–Crippen LogP) is 4.65. The minimum Gasteiger partial charge on any atom is -0.457 e. The fourth-order valence-corrected chi connectivity index (χ4v) is 3.67. The quantitative estimate of drug-likeness (QED) is 0.160. The zero-order valence-corrected chi connectivity index (χ0v) is 19.3. The van der Waals surface area contributed by atoms with E-state index < -0.39 is 17.5 Å². The van der Waals surface area contributed by atoms with Gasteiger partial charge in [0.2, 0.25) is 5.76 Å². The molecule has 0 saturated heterocycles. The van der Waals surface area contributed by atoms with Gasteiger partial charge in [0.15, 0.2) is 5.60 Å². The number of furan rings is 1. The van der Waals surface area contributed by atoms with Crippen LogP contribution in [0.3, 0.4) is 0 Å². The minimum atomic E-state index is -1.97. The van der Waals surface area contributed by atoms with Crippen LogP contribution in [0.2, 0.25) is 0 Å². The van der Waals surface area contributed by atoms with Gasteiger partial charge in [0.1, 0.15) is 5.75 Å². The highest BCUT2D eigenvalue weighted by molar-refractivity contribution is 9.10. The van der Waals surface area contributed by atoms with E-state index in [1.54, 1.807) is 84.9 Å². The maximum absolute atomic E-state index is 13.2. The molecule has 0 radical (unpaired) electrons. The number of nitrogens with zero attached hydrogens (tertiary/aromatic N) is 1. The van der Waals surface area contributed by atoms with Crippen molar-refractivity contribution in [3.8, 4) is 5.75 Å². The zero-order chi connectivity index (χ0) is 24.0. The van der Waals surface area contributed by atoms with Crippen LogP contribution in [0.25, 0.3) is 0 Å². The van der Waals surface area contributed by atoms with E-state index in [9.17, 15) is 14.7 Å². The number of carbonyl (C=O) groups is 2. The molecule has 0 aliphatic carbocycles. The standard InChI is InChI=1S/C26H19BrN2O5/c27-21-13-14-22(34-24(30)23-12-7-15-33-23)18(16-21)17-28-29-25(31)26(32,19-8-3-1-4-9-19)20-10-5-2-6-11-20/h1-17,32H,(H,29,31)/b28-17-. The van der Waals surface area contributed by atoms with E-state index in [0.29, 0.717) is 21.2 Å². The van der Waals surface area contributed by atoms with Crippen LogP contribution in [0.4, 0.5) is 0 Å². The lowest BCUT2D eigenvalue weighted by Gasteiger charge is -2.27. The van der Waals surface area contributed by atoms with Crippen molar-refractivity contribution in [3.63, 3.8) is 0 Å². The van der Waals surface area contributed by atoms with Crippen molar-refractivity contribution in [2.45, 2.75) is 5.60 Å². The first kappa shape index (κ1) is 23.2. The number of hydrogen-bond donors (Lipinski definition) is 2. The predicted molar refractivity (Wildman–Crippen MR) is 129 cm³/mol. The van der Waals surface area contributed by atoms with Crippen molar-refractivity contribution in [1.82, 2.24) is 5.43 Å². The van der Waals surface area contributed by atoms with E-state index in [1.165, 1.54) is 18.5 Å². The molecule has 170 valence electrons. The Morgan fingerprint density at radius 1 is 0.941 bits per heavy atom. The summed E-state index contributed by atoms with van der Waals surface area (Å²) >= 11 is 3.37. The second kappa shape index (κ2) is 10.3. The van der Waals surface area contributed by atoms with Gasteiger partial charge in [-0.25, -0.2) is 10.2 Å². The Hall–Kier alpha value is -4.01. The third-order valence-electron chi connectivity index (χ3n) is 4.98. The summed E-state index contributed by atoms with van der Waals surface area (Å²) in [5.74, 6) is -1.15. The summed E-state index contributed by atoms with van der Waals surface area (Å²) in [5, 5.41) is 15.5. The molecule has 0 spiro atoms. The van der Waals surface area contributed by atoms with Crippen LogP contribution in [-0.4, -0.2) is 23.2 Å². The lowest BCUT2D eigenvalue weighted by atomic mass is 9.85. The number of esters is 1. The number of benzene rings is 3. The zero-order valence-electron chi connectivity index (χ0n) is 17.7. The van der Waals surface area contributed by atoms with Gasteiger partial charge in [0.05, 0.1) is 12.5 Å². The number of hydrazone groups is 1. The topological polar surface area (TPSA) is 101 Å². The fourth-order valence-electron chi connectivity index (χ4n) is 3.29. The van der Waals surface area contributed by atoms with Crippen LogP contribution in [-0.2, 0) is 10.4 Å². The number of halogens is 1. The SMILES string of the molecule is O=C(Oc1ccc(Br)cc1/C=N\NC(=O)C(O)(c1ccccc1)c1ccccc1)c1ccco1. The van der Waals surface area contributed by atoms with Crippen molar-refractivity contribution < 1.29 is 23.8 Å². The first-order valence-corrected chi connectivity index (χ1v) is 11.0. The van der Waals surface area contributed by atoms with E-state index in [-0.39, 0.29) is 11.5 Å². The second-order valence-electron chi connectivity index (χ2n) is 7.19. The normalized spacial score (nSPS) is 11.4. The monoisotopic (exact) mass is 518 g/mol. The molecule has 1 heterocycles. The Bertz CT molecular complexity index is 1270. The summed E-state index contributed by atoms with van der Waals surface area (Å²) in [6, 6.07) is 25.2. The van der Waals surface area contributed by atoms with Gasteiger partial charge in [0.25, 0.3) is 5.91 Å². The van der Waals surface area contributed by atoms with Gasteiger partial charge >= 0.3 is 5.97 Å². The molecule has 0 aliphatic heterocycles. The molecule has 34 heavy (non-hydrogen) atoms. The first-order valence-electron chi connectivity index (χ1n) is 10.2. The lowest BCUT2D eigenvalue weighted by Crippen LogP contribution is -2.43. The van der Waals surface area contributed by atoms with Crippen molar-refractivity contribution in [1.29, 1.82) is 0 Å². The van der Waals surface area contributed by atoms with Crippen molar-refractivity contribution >= 4 is 34.0 Å². The summed E-state index contributed by atoms with van der Waals surface area (Å²) in [7, 11) is 0. The molecule has 0 unspecified atom stereocenters. The summed E-state index contributed by atoms with van der Waals surface area (Å²) in [6.07, 6.45) is 2.69. The van der Waals surface area contributed by atoms with Crippen LogP contribution in [0, 0.1) is 0 Å². The number of ether oxygens (including phenoxy) is 1. The average molecular weight is 519 g/mol. The molecule has 1 amide bonds. The Labute approximate surface area is 203 Å². The van der Waals surface area contributed by atoms with E-state index >= 15 is 0 Å². The lowest BCUT2D eigenvalue weighted by molar-refractivity contribution is -0.136. The van der Waals surface area contributed by atoms with Gasteiger partial charge in [-0.15, -0.1) is 0 Å². The minimum absolute atomic E-state index is 0.0508. The number of hydrogen-bond acceptors (Lipinski definition) is 6. The Morgan fingerprint density at radius 2 is 1.59 bits per heavy atom. The van der Waals surface area contributed by atoms with Gasteiger partial charge in [-0.2, -0.15) is 5.10 Å². The number of nitrogens with one attached hydrogen (secondary N) is 1. The molecule has 0 bridgehead atoms. The summed E-state index contributed by atoms with van der Waals surface area (Å²) in [4.78, 5) is 25.4. The van der Waals surface area contributed by atoms with Crippen molar-refractivity contribution in [2.75, 3.05) is 0 Å². The third-order valence-corrected chi connectivity index (χ3v) is 5.47. The molecule has 0 atom stereocenters. The molecule has 1 aromatic heterocycles. The number of carbonyl (C=O) groups excluding carboxylic acids is 2. The van der Waals surface area contributed by atoms with Gasteiger partial charge in [-0.05, 0) is 41.5 Å². The molecule has 4 aromatic rings. The van der Waals surface area contributed by atoms with Gasteiger partial charge in [-0.3, -0.25) is 4.79 Å². The highest BCUT2D eigenvalue weighted by atomic mass is 79.9. The highest BCUT2D eigenvalue weighted by Gasteiger charge is 2.39. The Morgan fingerprint density at radius 3 is 2.18 bits per heavy atom. The molecule has 0 fully saturated rings. The van der Waals surface area contributed by atoms with E-state index in [2.05, 4.69) is 26.5 Å². The second-order valence-corrected chi connectivity index (χ2v) is 8.11. The maximum atomic E-state index is 13.2. The summed E-state index contributed by atoms with van der Waals surface area (Å²) < 4.78 is 11.2. The molecular formula is C26H19BrN2O5. The largest absolute Gasteiger partial charge is 0.457 e. The van der Waals surface area contributed by atoms with Crippen molar-refractivity contribution in [3.05, 3.63) is 124 Å².